The summed E-state index contributed by atoms with van der Waals surface area (Å²) in [6, 6.07) is 35.2. The average Bonchev–Trinajstić information content (AvgIpc) is 3.18. The monoisotopic (exact) mass is 920 g/mol. The van der Waals surface area contributed by atoms with E-state index in [1.165, 1.54) is 20.8 Å². The van der Waals surface area contributed by atoms with Crippen molar-refractivity contribution in [2.75, 3.05) is 0 Å². The van der Waals surface area contributed by atoms with Gasteiger partial charge in [0.2, 0.25) is 0 Å². The minimum atomic E-state index is -6.09. The molecule has 0 N–H and O–H groups in total. The fourth-order valence-corrected chi connectivity index (χ4v) is 4.41. The molecule has 0 bridgehead atoms. The summed E-state index contributed by atoms with van der Waals surface area (Å²) in [6.07, 6.45) is 7.25. The zero-order chi connectivity index (χ0) is 45.6. The van der Waals surface area contributed by atoms with Crippen LogP contribution in [-0.2, 0) is 48.1 Å². The van der Waals surface area contributed by atoms with Gasteiger partial charge in [-0.15, -0.1) is 0 Å². The predicted molar refractivity (Wildman–Crippen MR) is 198 cm³/mol. The van der Waals surface area contributed by atoms with Gasteiger partial charge in [0.15, 0.2) is 20.2 Å². The second-order valence-corrected chi connectivity index (χ2v) is 13.7. The summed E-state index contributed by atoms with van der Waals surface area (Å²) in [7, 11) is -12.2. The van der Waals surface area contributed by atoms with Crippen LogP contribution in [-0.4, -0.2) is 61.9 Å². The largest absolute Gasteiger partial charge is 2.00 e. The molecule has 0 saturated heterocycles. The summed E-state index contributed by atoms with van der Waals surface area (Å²) in [5.41, 5.74) is -7.32. The maximum atomic E-state index is 10.7. The van der Waals surface area contributed by atoms with Crippen molar-refractivity contribution in [3.05, 3.63) is 150 Å². The van der Waals surface area contributed by atoms with Crippen LogP contribution < -0.4 is 0 Å². The number of halogens is 6. The van der Waals surface area contributed by atoms with E-state index in [2.05, 4.69) is 13.8 Å². The van der Waals surface area contributed by atoms with Crippen LogP contribution >= 0.6 is 0 Å². The van der Waals surface area contributed by atoms with Gasteiger partial charge in [0.1, 0.15) is 0 Å². The van der Waals surface area contributed by atoms with Gasteiger partial charge in [-0.3, -0.25) is 24.9 Å². The predicted octanol–water partition coefficient (Wildman–Crippen LogP) is 7.06. The molecule has 0 atom stereocenters. The second-order valence-electron chi connectivity index (χ2n) is 11.0. The van der Waals surface area contributed by atoms with Crippen molar-refractivity contribution in [2.45, 2.75) is 56.5 Å². The van der Waals surface area contributed by atoms with Crippen molar-refractivity contribution < 1.29 is 69.4 Å². The Morgan fingerprint density at radius 2 is 0.650 bits per heavy atom. The standard InChI is InChI=1S/C29H25N5.3C2H3N.2CHF3O3S.Fe/c1-28(22-12-3-7-18-30-22,23-13-4-8-19-31-23)26-16-11-17-27(34-26)29(2,24-14-5-9-20-32-24)25-15-6-10-21-33-25;3*1-2-3;2*2-1(3,4)8(5,6)7;/h3-21H,1-2H3;3*1H3;2*(H,5,6,7);/q;;;;;;+2/p-2. The molecule has 0 aliphatic rings. The van der Waals surface area contributed by atoms with Crippen LogP contribution in [0.2, 0.25) is 0 Å². The molecule has 5 aromatic heterocycles. The number of hydrogen-bond acceptors (Lipinski definition) is 14. The number of nitriles is 3. The van der Waals surface area contributed by atoms with Crippen LogP contribution in [0.5, 0.6) is 0 Å². The molecule has 320 valence electrons. The van der Waals surface area contributed by atoms with Gasteiger partial charge >= 0.3 is 28.1 Å². The van der Waals surface area contributed by atoms with E-state index in [4.69, 9.17) is 66.6 Å². The SMILES string of the molecule is CC#N.CC#N.CC#N.CC(c1ccccn1)(c1ccccn1)c1cccc(C(C)(c2ccccn2)c2ccccn2)n1.O=S(=O)([O-])C(F)(F)F.O=S(=O)([O-])C(F)(F)F.[Fe+2]. The van der Waals surface area contributed by atoms with Gasteiger partial charge < -0.3 is 9.11 Å². The van der Waals surface area contributed by atoms with E-state index in [1.807, 2.05) is 116 Å². The van der Waals surface area contributed by atoms with Gasteiger partial charge in [0.05, 0.1) is 63.2 Å². The van der Waals surface area contributed by atoms with E-state index >= 15 is 0 Å². The second kappa shape index (κ2) is 25.6. The third-order valence-electron chi connectivity index (χ3n) is 7.05. The van der Waals surface area contributed by atoms with E-state index in [0.717, 1.165) is 34.2 Å². The van der Waals surface area contributed by atoms with Crippen molar-refractivity contribution in [3.8, 4) is 18.2 Å². The summed E-state index contributed by atoms with van der Waals surface area (Å²) < 4.78 is 118. The molecule has 0 aliphatic carbocycles. The smallest absolute Gasteiger partial charge is 0.741 e. The molecule has 0 spiro atoms. The molecule has 5 aromatic rings. The van der Waals surface area contributed by atoms with Gasteiger partial charge in [-0.1, -0.05) is 30.3 Å². The van der Waals surface area contributed by atoms with Crippen molar-refractivity contribution in [2.24, 2.45) is 0 Å². The molecule has 60 heavy (non-hydrogen) atoms. The summed E-state index contributed by atoms with van der Waals surface area (Å²) in [5.74, 6) is 0. The molecule has 5 heterocycles. The van der Waals surface area contributed by atoms with Crippen molar-refractivity contribution in [1.29, 1.82) is 15.8 Å². The molecule has 23 heteroatoms. The average molecular weight is 921 g/mol. The van der Waals surface area contributed by atoms with Crippen LogP contribution in [0.1, 0.15) is 68.8 Å². The van der Waals surface area contributed by atoms with E-state index in [-0.39, 0.29) is 17.1 Å². The van der Waals surface area contributed by atoms with E-state index in [0.29, 0.717) is 0 Å². The minimum Gasteiger partial charge on any atom is -0.741 e. The Balaban J connectivity index is 0. The van der Waals surface area contributed by atoms with Gasteiger partial charge in [-0.05, 0) is 74.5 Å². The Morgan fingerprint density at radius 1 is 0.467 bits per heavy atom. The molecule has 5 rings (SSSR count). The third-order valence-corrected chi connectivity index (χ3v) is 8.18. The summed E-state index contributed by atoms with van der Waals surface area (Å²) >= 11 is 0. The van der Waals surface area contributed by atoms with Crippen LogP contribution in [0, 0.1) is 34.0 Å². The summed E-state index contributed by atoms with van der Waals surface area (Å²) in [5, 5.41) is 22.0. The van der Waals surface area contributed by atoms with Gasteiger partial charge in [0, 0.05) is 45.6 Å². The van der Waals surface area contributed by atoms with E-state index < -0.39 is 42.1 Å². The number of rotatable bonds is 6. The van der Waals surface area contributed by atoms with Crippen molar-refractivity contribution in [3.63, 3.8) is 0 Å². The summed E-state index contributed by atoms with van der Waals surface area (Å²) in [4.78, 5) is 24.1. The van der Waals surface area contributed by atoms with E-state index in [1.54, 1.807) is 18.2 Å². The molecule has 0 unspecified atom stereocenters. The molecule has 0 amide bonds. The number of nitrogens with zero attached hydrogens (tertiary/aromatic N) is 8. The normalized spacial score (nSPS) is 10.8. The van der Waals surface area contributed by atoms with Crippen molar-refractivity contribution in [1.82, 2.24) is 24.9 Å². The van der Waals surface area contributed by atoms with Crippen LogP contribution in [0.15, 0.2) is 116 Å². The topological polar surface area (TPSA) is 250 Å². The first-order chi connectivity index (χ1) is 27.4. The van der Waals surface area contributed by atoms with Crippen LogP contribution in [0.3, 0.4) is 0 Å². The van der Waals surface area contributed by atoms with Gasteiger partial charge in [0.25, 0.3) is 0 Å². The maximum absolute atomic E-state index is 10.7. The zero-order valence-corrected chi connectivity index (χ0v) is 34.7. The molecule has 0 saturated carbocycles. The molecule has 0 aliphatic heterocycles. The molecule has 14 nitrogen and oxygen atoms in total. The number of aromatic nitrogens is 5. The zero-order valence-electron chi connectivity index (χ0n) is 31.9. The first-order valence-electron chi connectivity index (χ1n) is 16.0. The Bertz CT molecular complexity index is 2110. The van der Waals surface area contributed by atoms with Crippen LogP contribution in [0.4, 0.5) is 26.3 Å². The van der Waals surface area contributed by atoms with Crippen LogP contribution in [0.25, 0.3) is 0 Å². The summed E-state index contributed by atoms with van der Waals surface area (Å²) in [6.45, 7) is 8.55. The van der Waals surface area contributed by atoms with Gasteiger partial charge in [-0.2, -0.15) is 42.1 Å². The third kappa shape index (κ3) is 16.8. The Hall–Kier alpha value is -5.86. The Kier molecular flexibility index (Phi) is 24.0. The Morgan fingerprint density at radius 3 is 0.800 bits per heavy atom. The van der Waals surface area contributed by atoms with Gasteiger partial charge in [-0.25, -0.2) is 16.8 Å². The molecular weight excluding hydrogens is 886 g/mol. The fraction of sp³-hybridized carbons (Fsp3) is 0.243. The first-order valence-corrected chi connectivity index (χ1v) is 18.8. The molecule has 0 fully saturated rings. The number of alkyl halides is 6. The van der Waals surface area contributed by atoms with E-state index in [9.17, 15) is 26.3 Å². The minimum absolute atomic E-state index is 0. The molecule has 0 aromatic carbocycles. The number of hydrogen-bond donors (Lipinski definition) is 0. The quantitative estimate of drug-likeness (QED) is 0.0716. The van der Waals surface area contributed by atoms with Crippen molar-refractivity contribution >= 4 is 20.2 Å². The maximum Gasteiger partial charge on any atom is 2.00 e. The number of pyridine rings is 5. The molecular formula is C37H34F6FeN8O6S2. The first kappa shape index (κ1) is 56.2. The molecule has 0 radical (unpaired) electrons. The fourth-order valence-electron chi connectivity index (χ4n) is 4.41. The Labute approximate surface area is 353 Å².